The summed E-state index contributed by atoms with van der Waals surface area (Å²) in [7, 11) is 0. The Bertz CT molecular complexity index is 351. The van der Waals surface area contributed by atoms with Crippen LogP contribution in [0.4, 0.5) is 0 Å². The van der Waals surface area contributed by atoms with Crippen molar-refractivity contribution in [3.05, 3.63) is 33.8 Å². The summed E-state index contributed by atoms with van der Waals surface area (Å²) in [6, 6.07) is 6.87. The summed E-state index contributed by atoms with van der Waals surface area (Å²) >= 11 is 3.49. The van der Waals surface area contributed by atoms with E-state index in [1.807, 2.05) is 6.92 Å². The van der Waals surface area contributed by atoms with Crippen LogP contribution in [0, 0.1) is 0 Å². The van der Waals surface area contributed by atoms with Crippen molar-refractivity contribution in [1.82, 2.24) is 5.32 Å². The van der Waals surface area contributed by atoms with Gasteiger partial charge in [-0.3, -0.25) is 0 Å². The summed E-state index contributed by atoms with van der Waals surface area (Å²) in [5.74, 6) is 0. The van der Waals surface area contributed by atoms with E-state index >= 15 is 0 Å². The number of hydrogen-bond donors (Lipinski definition) is 2. The maximum Gasteiger partial charge on any atom is 0.0636 e. The molecule has 82 valence electrons. The fourth-order valence-electron chi connectivity index (χ4n) is 2.11. The van der Waals surface area contributed by atoms with Crippen molar-refractivity contribution < 1.29 is 5.11 Å². The van der Waals surface area contributed by atoms with Gasteiger partial charge in [-0.25, -0.2) is 0 Å². The number of nitrogens with one attached hydrogen (secondary N) is 1. The molecule has 2 rings (SSSR count). The highest BCUT2D eigenvalue weighted by Crippen LogP contribution is 2.32. The van der Waals surface area contributed by atoms with Gasteiger partial charge in [0.2, 0.25) is 0 Å². The number of aliphatic hydroxyl groups excluding tert-OH is 1. The standard InChI is InChI=1S/C12H16BrNO/c1-8(15)7-14-12-5-2-9-6-10(13)3-4-11(9)12/h3-4,6,8,12,14-15H,2,5,7H2,1H3/t8-,12?/m0/s1. The average Bonchev–Trinajstić information content (AvgIpc) is 2.57. The fraction of sp³-hybridized carbons (Fsp3) is 0.500. The highest BCUT2D eigenvalue weighted by atomic mass is 79.9. The van der Waals surface area contributed by atoms with E-state index in [1.165, 1.54) is 11.1 Å². The normalized spacial score (nSPS) is 21.4. The molecule has 0 radical (unpaired) electrons. The number of aliphatic hydroxyl groups is 1. The van der Waals surface area contributed by atoms with Gasteiger partial charge >= 0.3 is 0 Å². The first-order valence-corrected chi connectivity index (χ1v) is 6.16. The summed E-state index contributed by atoms with van der Waals surface area (Å²) in [4.78, 5) is 0. The second kappa shape index (κ2) is 4.64. The molecule has 0 spiro atoms. The van der Waals surface area contributed by atoms with E-state index in [2.05, 4.69) is 39.4 Å². The number of halogens is 1. The van der Waals surface area contributed by atoms with Crippen LogP contribution in [-0.2, 0) is 6.42 Å². The molecule has 0 amide bonds. The van der Waals surface area contributed by atoms with Gasteiger partial charge in [-0.15, -0.1) is 0 Å². The lowest BCUT2D eigenvalue weighted by Crippen LogP contribution is -2.27. The third-order valence-corrected chi connectivity index (χ3v) is 3.34. The number of benzene rings is 1. The minimum atomic E-state index is -0.274. The van der Waals surface area contributed by atoms with Crippen LogP contribution >= 0.6 is 15.9 Å². The van der Waals surface area contributed by atoms with Gasteiger partial charge in [0.15, 0.2) is 0 Å². The molecule has 0 heterocycles. The molecule has 15 heavy (non-hydrogen) atoms. The second-order valence-corrected chi connectivity index (χ2v) is 5.11. The zero-order chi connectivity index (χ0) is 10.8. The van der Waals surface area contributed by atoms with Gasteiger partial charge in [-0.1, -0.05) is 22.0 Å². The Kier molecular flexibility index (Phi) is 3.44. The Hall–Kier alpha value is -0.380. The minimum absolute atomic E-state index is 0.274. The van der Waals surface area contributed by atoms with Gasteiger partial charge in [-0.2, -0.15) is 0 Å². The van der Waals surface area contributed by atoms with Crippen molar-refractivity contribution in [3.63, 3.8) is 0 Å². The van der Waals surface area contributed by atoms with Crippen molar-refractivity contribution >= 4 is 15.9 Å². The molecule has 3 heteroatoms. The van der Waals surface area contributed by atoms with Crippen LogP contribution in [0.5, 0.6) is 0 Å². The van der Waals surface area contributed by atoms with Crippen LogP contribution in [0.25, 0.3) is 0 Å². The molecule has 0 saturated carbocycles. The molecule has 0 saturated heterocycles. The van der Waals surface area contributed by atoms with Crippen LogP contribution in [0.2, 0.25) is 0 Å². The topological polar surface area (TPSA) is 32.3 Å². The van der Waals surface area contributed by atoms with Crippen LogP contribution in [0.1, 0.15) is 30.5 Å². The van der Waals surface area contributed by atoms with Crippen molar-refractivity contribution in [2.45, 2.75) is 31.9 Å². The maximum atomic E-state index is 9.23. The molecule has 0 fully saturated rings. The van der Waals surface area contributed by atoms with E-state index in [-0.39, 0.29) is 6.10 Å². The van der Waals surface area contributed by atoms with E-state index in [9.17, 15) is 5.11 Å². The molecule has 0 aliphatic heterocycles. The molecule has 1 aromatic rings. The first-order valence-electron chi connectivity index (χ1n) is 5.36. The van der Waals surface area contributed by atoms with Crippen molar-refractivity contribution in [2.24, 2.45) is 0 Å². The van der Waals surface area contributed by atoms with Gasteiger partial charge in [0, 0.05) is 17.1 Å². The van der Waals surface area contributed by atoms with Gasteiger partial charge in [0.05, 0.1) is 6.10 Å². The highest BCUT2D eigenvalue weighted by Gasteiger charge is 2.21. The van der Waals surface area contributed by atoms with E-state index in [4.69, 9.17) is 0 Å². The molecule has 2 nitrogen and oxygen atoms in total. The largest absolute Gasteiger partial charge is 0.392 e. The minimum Gasteiger partial charge on any atom is -0.392 e. The number of fused-ring (bicyclic) bond motifs is 1. The lowest BCUT2D eigenvalue weighted by Gasteiger charge is -2.15. The van der Waals surface area contributed by atoms with Gasteiger partial charge < -0.3 is 10.4 Å². The van der Waals surface area contributed by atoms with Crippen molar-refractivity contribution in [1.29, 1.82) is 0 Å². The summed E-state index contributed by atoms with van der Waals surface area (Å²) in [6.07, 6.45) is 1.99. The molecule has 1 aliphatic carbocycles. The first-order chi connectivity index (χ1) is 7.16. The van der Waals surface area contributed by atoms with E-state index in [0.717, 1.165) is 17.3 Å². The second-order valence-electron chi connectivity index (χ2n) is 4.19. The SMILES string of the molecule is C[C@H](O)CNC1CCc2cc(Br)ccc21. The molecule has 2 N–H and O–H groups in total. The Morgan fingerprint density at radius 1 is 1.60 bits per heavy atom. The summed E-state index contributed by atoms with van der Waals surface area (Å²) in [5, 5.41) is 12.6. The van der Waals surface area contributed by atoms with Crippen LogP contribution in [0.3, 0.4) is 0 Å². The Balaban J connectivity index is 2.08. The molecule has 1 aliphatic rings. The Morgan fingerprint density at radius 2 is 2.40 bits per heavy atom. The zero-order valence-corrected chi connectivity index (χ0v) is 10.4. The molecule has 0 aromatic heterocycles. The van der Waals surface area contributed by atoms with Crippen LogP contribution < -0.4 is 5.32 Å². The number of rotatable bonds is 3. The number of hydrogen-bond acceptors (Lipinski definition) is 2. The van der Waals surface area contributed by atoms with Crippen LogP contribution in [-0.4, -0.2) is 17.8 Å². The predicted octanol–water partition coefficient (Wildman–Crippen LogP) is 2.41. The third kappa shape index (κ3) is 2.60. The molecular weight excluding hydrogens is 254 g/mol. The summed E-state index contributed by atoms with van der Waals surface area (Å²) in [6.45, 7) is 2.48. The molecule has 1 aromatic carbocycles. The summed E-state index contributed by atoms with van der Waals surface area (Å²) < 4.78 is 1.15. The lowest BCUT2D eigenvalue weighted by atomic mass is 10.1. The van der Waals surface area contributed by atoms with E-state index in [1.54, 1.807) is 0 Å². The monoisotopic (exact) mass is 269 g/mol. The van der Waals surface area contributed by atoms with Gasteiger partial charge in [0.25, 0.3) is 0 Å². The van der Waals surface area contributed by atoms with Gasteiger partial charge in [-0.05, 0) is 43.0 Å². The van der Waals surface area contributed by atoms with E-state index in [0.29, 0.717) is 12.6 Å². The first kappa shape index (κ1) is 11.1. The smallest absolute Gasteiger partial charge is 0.0636 e. The number of aryl methyl sites for hydroxylation is 1. The third-order valence-electron chi connectivity index (χ3n) is 2.84. The Labute approximate surface area is 98.8 Å². The summed E-state index contributed by atoms with van der Waals surface area (Å²) in [5.41, 5.74) is 2.81. The molecular formula is C12H16BrNO. The predicted molar refractivity (Wildman–Crippen MR) is 64.9 cm³/mol. The van der Waals surface area contributed by atoms with Crippen molar-refractivity contribution in [2.75, 3.05) is 6.54 Å². The molecule has 2 atom stereocenters. The maximum absolute atomic E-state index is 9.23. The average molecular weight is 270 g/mol. The van der Waals surface area contributed by atoms with E-state index < -0.39 is 0 Å². The quantitative estimate of drug-likeness (QED) is 0.884. The van der Waals surface area contributed by atoms with Crippen molar-refractivity contribution in [3.8, 4) is 0 Å². The van der Waals surface area contributed by atoms with Gasteiger partial charge in [0.1, 0.15) is 0 Å². The lowest BCUT2D eigenvalue weighted by molar-refractivity contribution is 0.186. The molecule has 1 unspecified atom stereocenters. The van der Waals surface area contributed by atoms with Crippen LogP contribution in [0.15, 0.2) is 22.7 Å². The zero-order valence-electron chi connectivity index (χ0n) is 8.83. The molecule has 0 bridgehead atoms. The fourth-order valence-corrected chi connectivity index (χ4v) is 2.52. The Morgan fingerprint density at radius 3 is 3.13 bits per heavy atom. The highest BCUT2D eigenvalue weighted by molar-refractivity contribution is 9.10.